The summed E-state index contributed by atoms with van der Waals surface area (Å²) in [5, 5.41) is 6.09. The number of nitrogens with one attached hydrogen (secondary N) is 3. The van der Waals surface area contributed by atoms with Gasteiger partial charge < -0.3 is 15.6 Å². The molecule has 3 N–H and O–H groups in total. The minimum atomic E-state index is -0.00736. The first-order valence-corrected chi connectivity index (χ1v) is 5.38. The van der Waals surface area contributed by atoms with Crippen molar-refractivity contribution in [1.29, 1.82) is 0 Å². The molecule has 0 aromatic carbocycles. The summed E-state index contributed by atoms with van der Waals surface area (Å²) < 4.78 is 0. The summed E-state index contributed by atoms with van der Waals surface area (Å²) in [7, 11) is 0. The number of hydrogen-bond donors (Lipinski definition) is 3. The summed E-state index contributed by atoms with van der Waals surface area (Å²) in [4.78, 5) is 14.5. The fraction of sp³-hybridized carbons (Fsp3) is 0.545. The summed E-state index contributed by atoms with van der Waals surface area (Å²) in [6.07, 6.45) is 4.67. The number of aryl methyl sites for hydroxylation is 1. The van der Waals surface area contributed by atoms with E-state index in [0.29, 0.717) is 6.54 Å². The highest BCUT2D eigenvalue weighted by molar-refractivity contribution is 5.95. The molecule has 5 heteroatoms. The standard InChI is InChI=1S/C11H19N3O.ClH/c1-3-4-12-5-6-14-11(15)10-8-13-7-9(10)2;/h7-8,12-13H,3-6H2,1-2H3,(H,14,15);1H. The summed E-state index contributed by atoms with van der Waals surface area (Å²) in [5.41, 5.74) is 1.71. The highest BCUT2D eigenvalue weighted by atomic mass is 35.5. The van der Waals surface area contributed by atoms with Crippen molar-refractivity contribution in [1.82, 2.24) is 15.6 Å². The van der Waals surface area contributed by atoms with E-state index in [-0.39, 0.29) is 18.3 Å². The average Bonchev–Trinajstić information content (AvgIpc) is 2.64. The molecule has 0 unspecified atom stereocenters. The normalized spacial score (nSPS) is 9.62. The van der Waals surface area contributed by atoms with Crippen LogP contribution in [0.5, 0.6) is 0 Å². The first-order valence-electron chi connectivity index (χ1n) is 5.38. The topological polar surface area (TPSA) is 56.9 Å². The lowest BCUT2D eigenvalue weighted by Crippen LogP contribution is -2.32. The van der Waals surface area contributed by atoms with Gasteiger partial charge in [-0.1, -0.05) is 6.92 Å². The number of carbonyl (C=O) groups excluding carboxylic acids is 1. The van der Waals surface area contributed by atoms with Crippen molar-refractivity contribution in [3.63, 3.8) is 0 Å². The Labute approximate surface area is 103 Å². The molecule has 1 heterocycles. The predicted molar refractivity (Wildman–Crippen MR) is 68.3 cm³/mol. The second-order valence-corrected chi connectivity index (χ2v) is 3.56. The number of hydrogen-bond acceptors (Lipinski definition) is 2. The Morgan fingerprint density at radius 2 is 2.06 bits per heavy atom. The second kappa shape index (κ2) is 8.19. The van der Waals surface area contributed by atoms with E-state index >= 15 is 0 Å². The minimum absolute atomic E-state index is 0. The zero-order valence-electron chi connectivity index (χ0n) is 9.80. The Bertz CT molecular complexity index is 312. The molecule has 0 aliphatic carbocycles. The van der Waals surface area contributed by atoms with E-state index < -0.39 is 0 Å². The number of halogens is 1. The third-order valence-electron chi connectivity index (χ3n) is 2.21. The molecule has 0 spiro atoms. The molecule has 4 nitrogen and oxygen atoms in total. The van der Waals surface area contributed by atoms with Crippen LogP contribution in [-0.2, 0) is 0 Å². The zero-order valence-corrected chi connectivity index (χ0v) is 10.6. The smallest absolute Gasteiger partial charge is 0.253 e. The van der Waals surface area contributed by atoms with Gasteiger partial charge in [-0.15, -0.1) is 12.4 Å². The molecule has 1 aromatic heterocycles. The number of carbonyl (C=O) groups is 1. The Hall–Kier alpha value is -1.00. The van der Waals surface area contributed by atoms with Gasteiger partial charge in [0.1, 0.15) is 0 Å². The Morgan fingerprint density at radius 1 is 1.31 bits per heavy atom. The summed E-state index contributed by atoms with van der Waals surface area (Å²) in [6.45, 7) is 6.53. The van der Waals surface area contributed by atoms with Crippen molar-refractivity contribution in [2.45, 2.75) is 20.3 Å². The van der Waals surface area contributed by atoms with Crippen LogP contribution in [-0.4, -0.2) is 30.5 Å². The largest absolute Gasteiger partial charge is 0.367 e. The lowest BCUT2D eigenvalue weighted by atomic mass is 10.2. The number of amides is 1. The number of rotatable bonds is 6. The van der Waals surface area contributed by atoms with Gasteiger partial charge in [0, 0.05) is 25.5 Å². The lowest BCUT2D eigenvalue weighted by molar-refractivity contribution is 0.0953. The van der Waals surface area contributed by atoms with Crippen LogP contribution in [0.25, 0.3) is 0 Å². The highest BCUT2D eigenvalue weighted by Gasteiger charge is 2.07. The van der Waals surface area contributed by atoms with Crippen molar-refractivity contribution in [3.8, 4) is 0 Å². The van der Waals surface area contributed by atoms with Crippen molar-refractivity contribution >= 4 is 18.3 Å². The van der Waals surface area contributed by atoms with Gasteiger partial charge in [-0.05, 0) is 25.5 Å². The third-order valence-corrected chi connectivity index (χ3v) is 2.21. The van der Waals surface area contributed by atoms with Crippen molar-refractivity contribution in [3.05, 3.63) is 23.5 Å². The Kier molecular flexibility index (Phi) is 7.68. The number of H-pyrrole nitrogens is 1. The molecule has 16 heavy (non-hydrogen) atoms. The van der Waals surface area contributed by atoms with E-state index in [0.717, 1.165) is 30.6 Å². The predicted octanol–water partition coefficient (Wildman–Crippen LogP) is 1.47. The molecule has 0 saturated heterocycles. The molecule has 1 aromatic rings. The van der Waals surface area contributed by atoms with Gasteiger partial charge in [0.05, 0.1) is 5.56 Å². The summed E-state index contributed by atoms with van der Waals surface area (Å²) in [6, 6.07) is 0. The molecular weight excluding hydrogens is 226 g/mol. The average molecular weight is 246 g/mol. The zero-order chi connectivity index (χ0) is 11.1. The Balaban J connectivity index is 0.00000225. The van der Waals surface area contributed by atoms with Crippen LogP contribution in [0.15, 0.2) is 12.4 Å². The van der Waals surface area contributed by atoms with Gasteiger partial charge in [-0.2, -0.15) is 0 Å². The van der Waals surface area contributed by atoms with E-state index in [1.807, 2.05) is 13.1 Å². The molecular formula is C11H20ClN3O. The van der Waals surface area contributed by atoms with Crippen LogP contribution in [0.1, 0.15) is 29.3 Å². The molecule has 0 aliphatic rings. The molecule has 0 aliphatic heterocycles. The maximum atomic E-state index is 11.6. The quantitative estimate of drug-likeness (QED) is 0.665. The summed E-state index contributed by atoms with van der Waals surface area (Å²) in [5.74, 6) is -0.00736. The number of aromatic amines is 1. The maximum absolute atomic E-state index is 11.6. The Morgan fingerprint density at radius 3 is 2.62 bits per heavy atom. The lowest BCUT2D eigenvalue weighted by Gasteiger charge is -2.05. The van der Waals surface area contributed by atoms with Gasteiger partial charge in [0.2, 0.25) is 0 Å². The van der Waals surface area contributed by atoms with Gasteiger partial charge >= 0.3 is 0 Å². The van der Waals surface area contributed by atoms with E-state index in [1.165, 1.54) is 0 Å². The van der Waals surface area contributed by atoms with Crippen molar-refractivity contribution < 1.29 is 4.79 Å². The highest BCUT2D eigenvalue weighted by Crippen LogP contribution is 2.04. The first-order chi connectivity index (χ1) is 7.25. The third kappa shape index (κ3) is 4.68. The fourth-order valence-corrected chi connectivity index (χ4v) is 1.35. The van der Waals surface area contributed by atoms with Crippen LogP contribution >= 0.6 is 12.4 Å². The molecule has 0 radical (unpaired) electrons. The minimum Gasteiger partial charge on any atom is -0.367 e. The SMILES string of the molecule is CCCNCCNC(=O)c1c[nH]cc1C.Cl. The van der Waals surface area contributed by atoms with E-state index in [1.54, 1.807) is 6.20 Å². The molecule has 1 rings (SSSR count). The van der Waals surface area contributed by atoms with Crippen LogP contribution in [0, 0.1) is 6.92 Å². The number of aromatic nitrogens is 1. The molecule has 1 amide bonds. The van der Waals surface area contributed by atoms with Gasteiger partial charge in [0.25, 0.3) is 5.91 Å². The van der Waals surface area contributed by atoms with Crippen LogP contribution in [0.2, 0.25) is 0 Å². The fourth-order valence-electron chi connectivity index (χ4n) is 1.35. The van der Waals surface area contributed by atoms with Gasteiger partial charge in [-0.3, -0.25) is 4.79 Å². The molecule has 0 atom stereocenters. The van der Waals surface area contributed by atoms with Crippen molar-refractivity contribution in [2.75, 3.05) is 19.6 Å². The monoisotopic (exact) mass is 245 g/mol. The first kappa shape index (κ1) is 15.0. The van der Waals surface area contributed by atoms with Crippen LogP contribution in [0.3, 0.4) is 0 Å². The molecule has 0 fully saturated rings. The summed E-state index contributed by atoms with van der Waals surface area (Å²) >= 11 is 0. The second-order valence-electron chi connectivity index (χ2n) is 3.56. The van der Waals surface area contributed by atoms with E-state index in [2.05, 4.69) is 22.5 Å². The van der Waals surface area contributed by atoms with Gasteiger partial charge in [0.15, 0.2) is 0 Å². The van der Waals surface area contributed by atoms with Crippen molar-refractivity contribution in [2.24, 2.45) is 0 Å². The van der Waals surface area contributed by atoms with Gasteiger partial charge in [-0.25, -0.2) is 0 Å². The molecule has 0 bridgehead atoms. The molecule has 92 valence electrons. The van der Waals surface area contributed by atoms with Crippen LogP contribution in [0.4, 0.5) is 0 Å². The molecule has 0 saturated carbocycles. The van der Waals surface area contributed by atoms with E-state index in [4.69, 9.17) is 0 Å². The van der Waals surface area contributed by atoms with Crippen LogP contribution < -0.4 is 10.6 Å². The maximum Gasteiger partial charge on any atom is 0.253 e. The van der Waals surface area contributed by atoms with E-state index in [9.17, 15) is 4.79 Å².